The maximum atomic E-state index is 12.1. The van der Waals surface area contributed by atoms with Crippen molar-refractivity contribution in [1.82, 2.24) is 0 Å². The van der Waals surface area contributed by atoms with E-state index in [0.29, 0.717) is 0 Å². The van der Waals surface area contributed by atoms with Crippen LogP contribution in [0, 0.1) is 0 Å². The van der Waals surface area contributed by atoms with Gasteiger partial charge in [-0.3, -0.25) is 9.59 Å². The van der Waals surface area contributed by atoms with E-state index in [-0.39, 0.29) is 11.1 Å². The van der Waals surface area contributed by atoms with Crippen molar-refractivity contribution in [1.29, 1.82) is 0 Å². The number of aromatic carboxylic acids is 4. The highest BCUT2D eigenvalue weighted by Crippen LogP contribution is 2.35. The van der Waals surface area contributed by atoms with Gasteiger partial charge >= 0.3 is 23.9 Å². The molecule has 1 aliphatic rings. The molecule has 4 N–H and O–H groups in total. The molecule has 0 bridgehead atoms. The Bertz CT molecular complexity index is 1110. The molecule has 140 valence electrons. The average molecular weight is 384 g/mol. The van der Waals surface area contributed by atoms with Crippen LogP contribution in [0.25, 0.3) is 10.8 Å². The number of carboxylic acids is 4. The van der Waals surface area contributed by atoms with Crippen molar-refractivity contribution in [3.63, 3.8) is 0 Å². The summed E-state index contributed by atoms with van der Waals surface area (Å²) in [6, 6.07) is 1.78. The molecule has 0 unspecified atom stereocenters. The zero-order chi connectivity index (χ0) is 20.9. The molecule has 0 saturated carbocycles. The molecule has 0 aliphatic heterocycles. The Labute approximate surface area is 153 Å². The van der Waals surface area contributed by atoms with Crippen molar-refractivity contribution in [3.05, 3.63) is 57.7 Å². The van der Waals surface area contributed by atoms with Crippen LogP contribution in [0.5, 0.6) is 0 Å². The lowest BCUT2D eigenvalue weighted by Gasteiger charge is -2.17. The number of allylic oxidation sites excluding steroid dienone is 2. The van der Waals surface area contributed by atoms with Crippen LogP contribution < -0.4 is 0 Å². The standard InChI is InChI=1S/C18H8O10/c19-9-1-2-10(20)6-4-8-7(3-5(6)9)11(15(21)22)13(17(25)26)14(18(27)28)12(8)16(23)24/h1-4H,(H,21,22)(H,23,24)(H,25,26)(H,27,28). The number of benzene rings is 2. The van der Waals surface area contributed by atoms with Gasteiger partial charge in [0, 0.05) is 11.1 Å². The molecule has 2 aromatic rings. The van der Waals surface area contributed by atoms with Crippen LogP contribution >= 0.6 is 0 Å². The molecule has 0 amide bonds. The van der Waals surface area contributed by atoms with Gasteiger partial charge in [0.25, 0.3) is 0 Å². The van der Waals surface area contributed by atoms with Gasteiger partial charge in [0.1, 0.15) is 0 Å². The maximum Gasteiger partial charge on any atom is 0.337 e. The van der Waals surface area contributed by atoms with Crippen molar-refractivity contribution in [3.8, 4) is 0 Å². The molecule has 0 heterocycles. The van der Waals surface area contributed by atoms with Crippen molar-refractivity contribution < 1.29 is 49.2 Å². The van der Waals surface area contributed by atoms with Gasteiger partial charge in [0.2, 0.25) is 0 Å². The van der Waals surface area contributed by atoms with Crippen LogP contribution in [0.1, 0.15) is 62.1 Å². The molecule has 0 atom stereocenters. The fourth-order valence-electron chi connectivity index (χ4n) is 3.14. The number of rotatable bonds is 4. The summed E-state index contributed by atoms with van der Waals surface area (Å²) in [6.45, 7) is 0. The molecular formula is C18H8O10. The number of carbonyl (C=O) groups excluding carboxylic acids is 2. The Morgan fingerprint density at radius 2 is 0.821 bits per heavy atom. The van der Waals surface area contributed by atoms with Gasteiger partial charge in [-0.2, -0.15) is 0 Å². The van der Waals surface area contributed by atoms with Crippen molar-refractivity contribution in [2.45, 2.75) is 0 Å². The number of carbonyl (C=O) groups is 6. The predicted molar refractivity (Wildman–Crippen MR) is 89.6 cm³/mol. The van der Waals surface area contributed by atoms with Gasteiger partial charge in [0.05, 0.1) is 22.3 Å². The quantitative estimate of drug-likeness (QED) is 0.603. The van der Waals surface area contributed by atoms with Gasteiger partial charge in [0.15, 0.2) is 11.6 Å². The van der Waals surface area contributed by atoms with Crippen molar-refractivity contribution in [2.75, 3.05) is 0 Å². The molecule has 0 aromatic heterocycles. The van der Waals surface area contributed by atoms with Gasteiger partial charge in [-0.05, 0) is 35.1 Å². The Hall–Kier alpha value is -4.34. The van der Waals surface area contributed by atoms with E-state index in [9.17, 15) is 49.2 Å². The van der Waals surface area contributed by atoms with Crippen LogP contribution in [0.3, 0.4) is 0 Å². The Kier molecular flexibility index (Phi) is 4.04. The predicted octanol–water partition coefficient (Wildman–Crippen LogP) is 1.57. The largest absolute Gasteiger partial charge is 0.478 e. The zero-order valence-electron chi connectivity index (χ0n) is 13.5. The first-order valence-corrected chi connectivity index (χ1v) is 7.43. The van der Waals surface area contributed by atoms with Crippen molar-refractivity contribution >= 4 is 46.2 Å². The van der Waals surface area contributed by atoms with Crippen LogP contribution in [0.2, 0.25) is 0 Å². The number of ketones is 2. The van der Waals surface area contributed by atoms with Crippen LogP contribution in [-0.4, -0.2) is 55.9 Å². The third-order valence-electron chi connectivity index (χ3n) is 4.22. The second-order valence-electron chi connectivity index (χ2n) is 5.73. The Balaban J connectivity index is 2.71. The average Bonchev–Trinajstić information content (AvgIpc) is 2.60. The highest BCUT2D eigenvalue weighted by atomic mass is 16.4. The molecule has 10 heteroatoms. The minimum absolute atomic E-state index is 0.252. The third-order valence-corrected chi connectivity index (χ3v) is 4.22. The van der Waals surface area contributed by atoms with Gasteiger partial charge in [-0.15, -0.1) is 0 Å². The summed E-state index contributed by atoms with van der Waals surface area (Å²) < 4.78 is 0. The number of carboxylic acid groups (broad SMARTS) is 4. The molecule has 0 spiro atoms. The number of fused-ring (bicyclic) bond motifs is 2. The van der Waals surface area contributed by atoms with E-state index in [1.807, 2.05) is 0 Å². The molecular weight excluding hydrogens is 376 g/mol. The first-order chi connectivity index (χ1) is 13.1. The van der Waals surface area contributed by atoms with Gasteiger partial charge in [-0.1, -0.05) is 0 Å². The lowest BCUT2D eigenvalue weighted by molar-refractivity contribution is 0.0621. The van der Waals surface area contributed by atoms with Gasteiger partial charge in [-0.25, -0.2) is 19.2 Å². The Morgan fingerprint density at radius 1 is 0.536 bits per heavy atom. The third kappa shape index (κ3) is 2.51. The molecule has 0 saturated heterocycles. The molecule has 28 heavy (non-hydrogen) atoms. The number of hydrogen-bond donors (Lipinski definition) is 4. The smallest absolute Gasteiger partial charge is 0.337 e. The summed E-state index contributed by atoms with van der Waals surface area (Å²) in [5.74, 6) is -8.98. The summed E-state index contributed by atoms with van der Waals surface area (Å²) in [5, 5.41) is 36.8. The van der Waals surface area contributed by atoms with Crippen LogP contribution in [-0.2, 0) is 0 Å². The van der Waals surface area contributed by atoms with Gasteiger partial charge < -0.3 is 20.4 Å². The second kappa shape index (κ2) is 6.13. The normalized spacial score (nSPS) is 12.7. The van der Waals surface area contributed by atoms with E-state index >= 15 is 0 Å². The van der Waals surface area contributed by atoms with Crippen molar-refractivity contribution in [2.24, 2.45) is 0 Å². The van der Waals surface area contributed by atoms with E-state index in [1.54, 1.807) is 0 Å². The molecule has 10 nitrogen and oxygen atoms in total. The molecule has 3 rings (SSSR count). The highest BCUT2D eigenvalue weighted by Gasteiger charge is 2.34. The fourth-order valence-corrected chi connectivity index (χ4v) is 3.14. The van der Waals surface area contributed by atoms with E-state index < -0.39 is 68.5 Å². The fraction of sp³-hybridized carbons (Fsp3) is 0. The minimum atomic E-state index is -1.97. The lowest BCUT2D eigenvalue weighted by Crippen LogP contribution is -2.21. The molecule has 0 fully saturated rings. The minimum Gasteiger partial charge on any atom is -0.478 e. The first kappa shape index (κ1) is 18.5. The van der Waals surface area contributed by atoms with E-state index in [1.165, 1.54) is 0 Å². The topological polar surface area (TPSA) is 183 Å². The highest BCUT2D eigenvalue weighted by molar-refractivity contribution is 6.28. The monoisotopic (exact) mass is 384 g/mol. The van der Waals surface area contributed by atoms with Crippen LogP contribution in [0.4, 0.5) is 0 Å². The first-order valence-electron chi connectivity index (χ1n) is 7.43. The van der Waals surface area contributed by atoms with E-state index in [2.05, 4.69) is 0 Å². The van der Waals surface area contributed by atoms with E-state index in [0.717, 1.165) is 24.3 Å². The molecule has 1 aliphatic carbocycles. The molecule has 2 aromatic carbocycles. The summed E-state index contributed by atoms with van der Waals surface area (Å²) in [5.41, 5.74) is -4.98. The van der Waals surface area contributed by atoms with Crippen LogP contribution in [0.15, 0.2) is 24.3 Å². The van der Waals surface area contributed by atoms with E-state index in [4.69, 9.17) is 0 Å². The maximum absolute atomic E-state index is 12.1. The lowest BCUT2D eigenvalue weighted by atomic mass is 9.84. The summed E-state index contributed by atoms with van der Waals surface area (Å²) >= 11 is 0. The summed E-state index contributed by atoms with van der Waals surface area (Å²) in [7, 11) is 0. The summed E-state index contributed by atoms with van der Waals surface area (Å²) in [4.78, 5) is 70.8. The zero-order valence-corrected chi connectivity index (χ0v) is 13.5. The number of hydrogen-bond acceptors (Lipinski definition) is 6. The SMILES string of the molecule is O=C1C=CC(=O)c2cc3c(C(=O)O)c(C(=O)O)c(C(=O)O)c(C(=O)O)c3cc21. The second-order valence-corrected chi connectivity index (χ2v) is 5.73. The molecule has 0 radical (unpaired) electrons. The summed E-state index contributed by atoms with van der Waals surface area (Å²) in [6.07, 6.45) is 1.86. The Morgan fingerprint density at radius 3 is 1.07 bits per heavy atom.